The van der Waals surface area contributed by atoms with Gasteiger partial charge >= 0.3 is 0 Å². The van der Waals surface area contributed by atoms with Crippen molar-refractivity contribution in [2.45, 2.75) is 44.6 Å². The predicted molar refractivity (Wildman–Crippen MR) is 146 cm³/mol. The van der Waals surface area contributed by atoms with Gasteiger partial charge in [0, 0.05) is 29.6 Å². The first-order valence-corrected chi connectivity index (χ1v) is 13.9. The Balaban J connectivity index is 1.47. The number of carbonyl (C=O) groups excluding carboxylic acids is 1. The van der Waals surface area contributed by atoms with Crippen LogP contribution in [0, 0.1) is 6.92 Å². The van der Waals surface area contributed by atoms with Gasteiger partial charge in [-0.1, -0.05) is 72.6 Å². The van der Waals surface area contributed by atoms with Crippen LogP contribution in [0.4, 0.5) is 5.69 Å². The first-order chi connectivity index (χ1) is 18.1. The van der Waals surface area contributed by atoms with Crippen molar-refractivity contribution in [1.29, 1.82) is 0 Å². The van der Waals surface area contributed by atoms with Crippen molar-refractivity contribution in [3.05, 3.63) is 106 Å². The van der Waals surface area contributed by atoms with Crippen LogP contribution in [0.25, 0.3) is 0 Å². The van der Waals surface area contributed by atoms with Gasteiger partial charge in [0.05, 0.1) is 11.4 Å². The molecule has 3 aromatic carbocycles. The fourth-order valence-corrected chi connectivity index (χ4v) is 5.33. The maximum atomic E-state index is 13.5. The van der Waals surface area contributed by atoms with E-state index in [1.807, 2.05) is 57.2 Å². The largest absolute Gasteiger partial charge is 0.339 e. The van der Waals surface area contributed by atoms with Crippen molar-refractivity contribution in [3.8, 4) is 0 Å². The first-order valence-electron chi connectivity index (χ1n) is 12.1. The number of aromatic nitrogens is 2. The molecule has 1 amide bonds. The van der Waals surface area contributed by atoms with E-state index >= 15 is 0 Å². The van der Waals surface area contributed by atoms with Crippen LogP contribution in [0.15, 0.2) is 82.2 Å². The maximum Gasteiger partial charge on any atom is 0.243 e. The van der Waals surface area contributed by atoms with Crippen LogP contribution in [0.5, 0.6) is 0 Å². The highest BCUT2D eigenvalue weighted by molar-refractivity contribution is 7.89. The number of hydrogen-bond acceptors (Lipinski definition) is 6. The standard InChI is InChI=1S/C28H29ClN4O4S/c1-19(2)28-31-26(32-37-28)16-21-7-11-24(12-8-21)30-27(34)18-33(17-22-6-4-5-20(3)15-22)38(35,36)25-13-9-23(29)10-14-25/h4-15,19H,16-18H2,1-3H3,(H,30,34). The van der Waals surface area contributed by atoms with E-state index in [1.54, 1.807) is 12.1 Å². The van der Waals surface area contributed by atoms with Gasteiger partial charge in [-0.05, 0) is 54.4 Å². The van der Waals surface area contributed by atoms with Gasteiger partial charge in [0.15, 0.2) is 5.82 Å². The Kier molecular flexibility index (Phi) is 8.61. The summed E-state index contributed by atoms with van der Waals surface area (Å²) in [5, 5.41) is 7.23. The van der Waals surface area contributed by atoms with Crippen LogP contribution < -0.4 is 5.32 Å². The molecule has 198 valence electrons. The number of nitrogens with zero attached hydrogens (tertiary/aromatic N) is 3. The second-order valence-corrected chi connectivity index (χ2v) is 11.7. The summed E-state index contributed by atoms with van der Waals surface area (Å²) in [5.41, 5.74) is 3.28. The van der Waals surface area contributed by atoms with Crippen molar-refractivity contribution in [1.82, 2.24) is 14.4 Å². The van der Waals surface area contributed by atoms with E-state index < -0.39 is 15.9 Å². The lowest BCUT2D eigenvalue weighted by Gasteiger charge is -2.22. The molecule has 0 unspecified atom stereocenters. The number of halogens is 1. The van der Waals surface area contributed by atoms with Crippen LogP contribution in [0.1, 0.15) is 48.2 Å². The van der Waals surface area contributed by atoms with E-state index in [1.165, 1.54) is 24.3 Å². The van der Waals surface area contributed by atoms with Gasteiger partial charge in [0.25, 0.3) is 0 Å². The molecule has 10 heteroatoms. The Morgan fingerprint density at radius 2 is 1.74 bits per heavy atom. The fraction of sp³-hybridized carbons (Fsp3) is 0.250. The zero-order valence-electron chi connectivity index (χ0n) is 21.4. The summed E-state index contributed by atoms with van der Waals surface area (Å²) >= 11 is 5.95. The SMILES string of the molecule is Cc1cccc(CN(CC(=O)Nc2ccc(Cc3noc(C(C)C)n3)cc2)S(=O)(=O)c2ccc(Cl)cc2)c1. The Morgan fingerprint density at radius 1 is 1.03 bits per heavy atom. The average Bonchev–Trinajstić information content (AvgIpc) is 3.34. The Bertz CT molecular complexity index is 1500. The number of aryl methyl sites for hydroxylation is 1. The van der Waals surface area contributed by atoms with Gasteiger partial charge in [-0.15, -0.1) is 0 Å². The van der Waals surface area contributed by atoms with Gasteiger partial charge in [0.1, 0.15) is 0 Å². The lowest BCUT2D eigenvalue weighted by molar-refractivity contribution is -0.116. The van der Waals surface area contributed by atoms with Gasteiger partial charge in [-0.25, -0.2) is 8.42 Å². The summed E-state index contributed by atoms with van der Waals surface area (Å²) in [7, 11) is -3.97. The Morgan fingerprint density at radius 3 is 2.37 bits per heavy atom. The molecule has 8 nitrogen and oxygen atoms in total. The molecule has 0 radical (unpaired) electrons. The molecule has 0 saturated heterocycles. The van der Waals surface area contributed by atoms with E-state index in [9.17, 15) is 13.2 Å². The quantitative estimate of drug-likeness (QED) is 0.275. The molecule has 1 N–H and O–H groups in total. The van der Waals surface area contributed by atoms with E-state index in [-0.39, 0.29) is 23.9 Å². The zero-order valence-corrected chi connectivity index (χ0v) is 23.0. The minimum Gasteiger partial charge on any atom is -0.339 e. The van der Waals surface area contributed by atoms with Gasteiger partial charge in [-0.2, -0.15) is 9.29 Å². The third kappa shape index (κ3) is 7.06. The first kappa shape index (κ1) is 27.5. The number of hydrogen-bond donors (Lipinski definition) is 1. The van der Waals surface area contributed by atoms with E-state index in [4.69, 9.17) is 16.1 Å². The highest BCUT2D eigenvalue weighted by Gasteiger charge is 2.27. The number of nitrogens with one attached hydrogen (secondary N) is 1. The third-order valence-corrected chi connectivity index (χ3v) is 7.85. The molecule has 1 heterocycles. The molecular weight excluding hydrogens is 524 g/mol. The summed E-state index contributed by atoms with van der Waals surface area (Å²) in [6, 6.07) is 20.7. The van der Waals surface area contributed by atoms with Crippen LogP contribution in [0.2, 0.25) is 5.02 Å². The molecule has 0 spiro atoms. The number of benzene rings is 3. The second-order valence-electron chi connectivity index (χ2n) is 9.34. The molecule has 0 saturated carbocycles. The van der Waals surface area contributed by atoms with E-state index in [0.717, 1.165) is 21.0 Å². The lowest BCUT2D eigenvalue weighted by atomic mass is 10.1. The summed E-state index contributed by atoms with van der Waals surface area (Å²) in [6.45, 7) is 5.58. The summed E-state index contributed by atoms with van der Waals surface area (Å²) in [4.78, 5) is 17.4. The van der Waals surface area contributed by atoms with Crippen LogP contribution in [-0.2, 0) is 27.8 Å². The lowest BCUT2D eigenvalue weighted by Crippen LogP contribution is -2.37. The molecule has 38 heavy (non-hydrogen) atoms. The van der Waals surface area contributed by atoms with Crippen molar-refractivity contribution < 1.29 is 17.7 Å². The molecular formula is C28H29ClN4O4S. The molecule has 0 atom stereocenters. The highest BCUT2D eigenvalue weighted by atomic mass is 35.5. The summed E-state index contributed by atoms with van der Waals surface area (Å²) in [5.74, 6) is 0.878. The molecule has 0 fully saturated rings. The number of sulfonamides is 1. The number of rotatable bonds is 10. The van der Waals surface area contributed by atoms with Gasteiger partial charge < -0.3 is 9.84 Å². The molecule has 4 rings (SSSR count). The van der Waals surface area contributed by atoms with Gasteiger partial charge in [0.2, 0.25) is 21.8 Å². The highest BCUT2D eigenvalue weighted by Crippen LogP contribution is 2.22. The minimum atomic E-state index is -3.97. The average molecular weight is 553 g/mol. The van der Waals surface area contributed by atoms with Crippen LogP contribution in [-0.4, -0.2) is 35.3 Å². The minimum absolute atomic E-state index is 0.0437. The smallest absolute Gasteiger partial charge is 0.243 e. The van der Waals surface area contributed by atoms with E-state index in [0.29, 0.717) is 28.8 Å². The number of amides is 1. The molecule has 1 aromatic heterocycles. The monoisotopic (exact) mass is 552 g/mol. The number of carbonyl (C=O) groups is 1. The fourth-order valence-electron chi connectivity index (χ4n) is 3.82. The van der Waals surface area contributed by atoms with Crippen molar-refractivity contribution >= 4 is 33.2 Å². The Labute approximate surface area is 227 Å². The van der Waals surface area contributed by atoms with Crippen LogP contribution >= 0.6 is 11.6 Å². The molecule has 0 aliphatic carbocycles. The van der Waals surface area contributed by atoms with E-state index in [2.05, 4.69) is 15.5 Å². The molecule has 4 aromatic rings. The topological polar surface area (TPSA) is 105 Å². The number of anilines is 1. The third-order valence-electron chi connectivity index (χ3n) is 5.79. The van der Waals surface area contributed by atoms with Crippen molar-refractivity contribution in [2.75, 3.05) is 11.9 Å². The van der Waals surface area contributed by atoms with Crippen LogP contribution in [0.3, 0.4) is 0 Å². The van der Waals surface area contributed by atoms with Crippen molar-refractivity contribution in [2.24, 2.45) is 0 Å². The summed E-state index contributed by atoms with van der Waals surface area (Å²) in [6.07, 6.45) is 0.494. The summed E-state index contributed by atoms with van der Waals surface area (Å²) < 4.78 is 33.3. The van der Waals surface area contributed by atoms with Gasteiger partial charge in [-0.3, -0.25) is 4.79 Å². The molecule has 0 aliphatic rings. The zero-order chi connectivity index (χ0) is 27.3. The maximum absolute atomic E-state index is 13.5. The normalized spacial score (nSPS) is 11.7. The predicted octanol–water partition coefficient (Wildman–Crippen LogP) is 5.58. The van der Waals surface area contributed by atoms with Crippen molar-refractivity contribution in [3.63, 3.8) is 0 Å². The molecule has 0 bridgehead atoms. The second kappa shape index (κ2) is 11.9. The molecule has 0 aliphatic heterocycles. The Hall–Kier alpha value is -3.53.